The normalized spacial score (nSPS) is 23.4. The van der Waals surface area contributed by atoms with Gasteiger partial charge in [-0.2, -0.15) is 0 Å². The van der Waals surface area contributed by atoms with Crippen LogP contribution >= 0.6 is 0 Å². The van der Waals surface area contributed by atoms with E-state index in [2.05, 4.69) is 5.32 Å². The Kier molecular flexibility index (Phi) is 2.52. The van der Waals surface area contributed by atoms with E-state index in [-0.39, 0.29) is 12.0 Å². The molecule has 2 rings (SSSR count). The monoisotopic (exact) mass is 237 g/mol. The van der Waals surface area contributed by atoms with E-state index < -0.39 is 34.8 Å². The minimum atomic E-state index is -2.13. The topological polar surface area (TPSA) is 12.0 Å². The van der Waals surface area contributed by atoms with Crippen molar-refractivity contribution in [3.8, 4) is 0 Å². The van der Waals surface area contributed by atoms with Crippen LogP contribution in [0.1, 0.15) is 13.3 Å². The van der Waals surface area contributed by atoms with Gasteiger partial charge in [-0.05, 0) is 12.3 Å². The van der Waals surface area contributed by atoms with E-state index in [9.17, 15) is 22.0 Å². The molecular weight excluding hydrogens is 229 g/mol. The quantitative estimate of drug-likeness (QED) is 0.473. The van der Waals surface area contributed by atoms with Gasteiger partial charge in [0.2, 0.25) is 5.82 Å². The SMILES string of the molecule is CC1CC1Nc1c(F)c(F)c(F)c(F)c1F. The van der Waals surface area contributed by atoms with Crippen LogP contribution in [0, 0.1) is 35.0 Å². The molecule has 0 aromatic heterocycles. The molecule has 16 heavy (non-hydrogen) atoms. The Morgan fingerprint density at radius 1 is 0.875 bits per heavy atom. The van der Waals surface area contributed by atoms with Gasteiger partial charge >= 0.3 is 0 Å². The van der Waals surface area contributed by atoms with Crippen molar-refractivity contribution in [1.29, 1.82) is 0 Å². The largest absolute Gasteiger partial charge is 0.377 e. The number of halogens is 5. The van der Waals surface area contributed by atoms with E-state index in [0.29, 0.717) is 6.42 Å². The minimum absolute atomic E-state index is 0.176. The van der Waals surface area contributed by atoms with Crippen LogP contribution in [-0.2, 0) is 0 Å². The first kappa shape index (κ1) is 11.2. The number of rotatable bonds is 2. The molecule has 1 aromatic carbocycles. The summed E-state index contributed by atoms with van der Waals surface area (Å²) < 4.78 is 64.5. The molecule has 2 unspecified atom stereocenters. The summed E-state index contributed by atoms with van der Waals surface area (Å²) in [5.74, 6) is -9.42. The molecule has 1 saturated carbocycles. The van der Waals surface area contributed by atoms with E-state index in [1.165, 1.54) is 0 Å². The molecule has 0 aliphatic heterocycles. The van der Waals surface area contributed by atoms with Gasteiger partial charge in [0, 0.05) is 6.04 Å². The molecule has 1 aliphatic rings. The fourth-order valence-corrected chi connectivity index (χ4v) is 1.44. The fraction of sp³-hybridized carbons (Fsp3) is 0.400. The van der Waals surface area contributed by atoms with Crippen LogP contribution in [0.3, 0.4) is 0 Å². The van der Waals surface area contributed by atoms with E-state index in [4.69, 9.17) is 0 Å². The summed E-state index contributed by atoms with van der Waals surface area (Å²) in [4.78, 5) is 0. The van der Waals surface area contributed by atoms with Crippen LogP contribution in [0.25, 0.3) is 0 Å². The highest BCUT2D eigenvalue weighted by atomic mass is 19.2. The summed E-state index contributed by atoms with van der Waals surface area (Å²) in [5, 5.41) is 2.31. The van der Waals surface area contributed by atoms with Gasteiger partial charge in [-0.3, -0.25) is 0 Å². The molecule has 0 heterocycles. The van der Waals surface area contributed by atoms with Gasteiger partial charge in [0.05, 0.1) is 0 Å². The van der Waals surface area contributed by atoms with Gasteiger partial charge < -0.3 is 5.32 Å². The molecule has 1 aliphatic carbocycles. The summed E-state index contributed by atoms with van der Waals surface area (Å²) in [6.45, 7) is 1.81. The molecule has 0 saturated heterocycles. The average molecular weight is 237 g/mol. The van der Waals surface area contributed by atoms with Crippen molar-refractivity contribution in [3.63, 3.8) is 0 Å². The molecule has 1 N–H and O–H groups in total. The summed E-state index contributed by atoms with van der Waals surface area (Å²) in [6, 6.07) is -0.228. The van der Waals surface area contributed by atoms with Crippen molar-refractivity contribution in [2.75, 3.05) is 5.32 Å². The Labute approximate surface area is 88.3 Å². The van der Waals surface area contributed by atoms with Crippen molar-refractivity contribution in [3.05, 3.63) is 29.1 Å². The zero-order valence-electron chi connectivity index (χ0n) is 8.25. The van der Waals surface area contributed by atoms with Gasteiger partial charge in [0.1, 0.15) is 5.69 Å². The van der Waals surface area contributed by atoms with Crippen molar-refractivity contribution < 1.29 is 22.0 Å². The zero-order chi connectivity index (χ0) is 12.0. The number of nitrogens with one attached hydrogen (secondary N) is 1. The summed E-state index contributed by atoms with van der Waals surface area (Å²) in [6.07, 6.45) is 0.652. The predicted octanol–water partition coefficient (Wildman–Crippen LogP) is 3.20. The van der Waals surface area contributed by atoms with Crippen LogP contribution in [0.2, 0.25) is 0 Å². The highest BCUT2D eigenvalue weighted by Crippen LogP contribution is 2.35. The van der Waals surface area contributed by atoms with Crippen molar-refractivity contribution in [2.45, 2.75) is 19.4 Å². The number of hydrogen-bond donors (Lipinski definition) is 1. The Balaban J connectivity index is 2.43. The third-order valence-corrected chi connectivity index (χ3v) is 2.65. The molecule has 1 fully saturated rings. The Morgan fingerprint density at radius 2 is 1.25 bits per heavy atom. The minimum Gasteiger partial charge on any atom is -0.377 e. The lowest BCUT2D eigenvalue weighted by atomic mass is 10.2. The van der Waals surface area contributed by atoms with E-state index in [0.717, 1.165) is 0 Å². The highest BCUT2D eigenvalue weighted by Gasteiger charge is 2.35. The Morgan fingerprint density at radius 3 is 1.62 bits per heavy atom. The van der Waals surface area contributed by atoms with Crippen molar-refractivity contribution in [1.82, 2.24) is 0 Å². The molecule has 88 valence electrons. The molecule has 0 spiro atoms. The van der Waals surface area contributed by atoms with E-state index >= 15 is 0 Å². The van der Waals surface area contributed by atoms with Crippen molar-refractivity contribution in [2.24, 2.45) is 5.92 Å². The number of hydrogen-bond acceptors (Lipinski definition) is 1. The highest BCUT2D eigenvalue weighted by molar-refractivity contribution is 5.49. The Bertz CT molecular complexity index is 416. The first-order valence-electron chi connectivity index (χ1n) is 4.71. The molecule has 1 aromatic rings. The molecule has 0 bridgehead atoms. The van der Waals surface area contributed by atoms with Gasteiger partial charge in [0.15, 0.2) is 23.3 Å². The molecule has 0 amide bonds. The second-order valence-electron chi connectivity index (χ2n) is 3.91. The first-order chi connectivity index (χ1) is 7.43. The third kappa shape index (κ3) is 1.62. The second kappa shape index (κ2) is 3.61. The maximum Gasteiger partial charge on any atom is 0.200 e. The summed E-state index contributed by atoms with van der Waals surface area (Å²) in [7, 11) is 0. The third-order valence-electron chi connectivity index (χ3n) is 2.65. The molecular formula is C10H8F5N. The molecule has 1 nitrogen and oxygen atoms in total. The van der Waals surface area contributed by atoms with Gasteiger partial charge in [0.25, 0.3) is 0 Å². The van der Waals surface area contributed by atoms with Gasteiger partial charge in [-0.25, -0.2) is 22.0 Å². The van der Waals surface area contributed by atoms with Crippen LogP contribution in [0.4, 0.5) is 27.6 Å². The molecule has 0 radical (unpaired) electrons. The first-order valence-corrected chi connectivity index (χ1v) is 4.71. The lowest BCUT2D eigenvalue weighted by molar-refractivity contribution is 0.381. The molecule has 2 atom stereocenters. The Hall–Kier alpha value is -1.33. The molecule has 6 heteroatoms. The van der Waals surface area contributed by atoms with Crippen LogP contribution < -0.4 is 5.32 Å². The number of anilines is 1. The van der Waals surface area contributed by atoms with Gasteiger partial charge in [-0.15, -0.1) is 0 Å². The fourth-order valence-electron chi connectivity index (χ4n) is 1.44. The van der Waals surface area contributed by atoms with Crippen LogP contribution in [-0.4, -0.2) is 6.04 Å². The van der Waals surface area contributed by atoms with Crippen LogP contribution in [0.15, 0.2) is 0 Å². The predicted molar refractivity (Wildman–Crippen MR) is 47.4 cm³/mol. The maximum absolute atomic E-state index is 13.1. The summed E-state index contributed by atoms with van der Waals surface area (Å²) in [5.41, 5.74) is -0.939. The number of benzene rings is 1. The van der Waals surface area contributed by atoms with E-state index in [1.54, 1.807) is 0 Å². The van der Waals surface area contributed by atoms with E-state index in [1.807, 2.05) is 6.92 Å². The lowest BCUT2D eigenvalue weighted by Gasteiger charge is -2.09. The average Bonchev–Trinajstić information content (AvgIpc) is 2.95. The maximum atomic E-state index is 13.1. The lowest BCUT2D eigenvalue weighted by Crippen LogP contribution is -2.12. The van der Waals surface area contributed by atoms with Crippen LogP contribution in [0.5, 0.6) is 0 Å². The standard InChI is InChI=1S/C10H8F5N/c1-3-2-4(3)16-10-8(14)6(12)5(11)7(13)9(10)15/h3-4,16H,2H2,1H3. The second-order valence-corrected chi connectivity index (χ2v) is 3.91. The zero-order valence-corrected chi connectivity index (χ0v) is 8.25. The smallest absolute Gasteiger partial charge is 0.200 e. The summed E-state index contributed by atoms with van der Waals surface area (Å²) >= 11 is 0. The van der Waals surface area contributed by atoms with Crippen molar-refractivity contribution >= 4 is 5.69 Å². The van der Waals surface area contributed by atoms with Gasteiger partial charge in [-0.1, -0.05) is 6.92 Å².